The molecule has 2 aromatic carbocycles. The van der Waals surface area contributed by atoms with Crippen LogP contribution in [0.1, 0.15) is 49.9 Å². The molecule has 0 aliphatic carbocycles. The Morgan fingerprint density at radius 2 is 1.26 bits per heavy atom. The summed E-state index contributed by atoms with van der Waals surface area (Å²) in [5, 5.41) is 0. The summed E-state index contributed by atoms with van der Waals surface area (Å²) in [4.78, 5) is 0. The monoisotopic (exact) mass is 456 g/mol. The van der Waals surface area contributed by atoms with Gasteiger partial charge in [-0.2, -0.15) is 6.07 Å². The summed E-state index contributed by atoms with van der Waals surface area (Å²) in [7, 11) is 13.8. The van der Waals surface area contributed by atoms with Crippen LogP contribution in [0.3, 0.4) is 0 Å². The summed E-state index contributed by atoms with van der Waals surface area (Å²) in [6.45, 7) is 4.61. The average Bonchev–Trinajstić information content (AvgIpc) is 3.12. The fourth-order valence-electron chi connectivity index (χ4n) is 3.75. The molecule has 0 N–H and O–H groups in total. The second-order valence-corrected chi connectivity index (χ2v) is 8.48. The maximum absolute atomic E-state index is 2.34. The molecule has 0 aromatic heterocycles. The van der Waals surface area contributed by atoms with E-state index in [-0.39, 0.29) is 41.9 Å². The van der Waals surface area contributed by atoms with Crippen molar-refractivity contribution in [2.24, 2.45) is 0 Å². The first-order chi connectivity index (χ1) is 11.1. The summed E-state index contributed by atoms with van der Waals surface area (Å²) in [5.74, 6) is 0. The van der Waals surface area contributed by atoms with Crippen LogP contribution in [-0.2, 0) is 17.1 Å². The minimum Gasteiger partial charge on any atom is -1.00 e. The van der Waals surface area contributed by atoms with E-state index in [2.05, 4.69) is 74.3 Å². The van der Waals surface area contributed by atoms with Crippen molar-refractivity contribution in [3.8, 4) is 0 Å². The minimum atomic E-state index is 0. The second-order valence-electron chi connectivity index (χ2n) is 8.48. The summed E-state index contributed by atoms with van der Waals surface area (Å²) < 4.78 is 2.00. The van der Waals surface area contributed by atoms with Crippen molar-refractivity contribution in [3.63, 3.8) is 0 Å². The van der Waals surface area contributed by atoms with Crippen LogP contribution < -0.4 is 24.8 Å². The molecule has 5 heteroatoms. The Hall–Kier alpha value is -0.281. The van der Waals surface area contributed by atoms with Crippen LogP contribution in [0.4, 0.5) is 0 Å². The zero-order chi connectivity index (χ0) is 18.4. The smallest absolute Gasteiger partial charge is 0.0911 e. The predicted molar refractivity (Wildman–Crippen MR) is 106 cm³/mol. The molecule has 2 rings (SSSR count). The van der Waals surface area contributed by atoms with Crippen molar-refractivity contribution in [2.75, 3.05) is 42.3 Å². The Bertz CT molecular complexity index is 512. The quantitative estimate of drug-likeness (QED) is 0.301. The van der Waals surface area contributed by atoms with Crippen LogP contribution in [0.2, 0.25) is 0 Å². The Balaban J connectivity index is -0.000000625. The van der Waals surface area contributed by atoms with Gasteiger partial charge in [-0.05, 0) is 12.8 Å². The van der Waals surface area contributed by atoms with Crippen LogP contribution in [0.5, 0.6) is 0 Å². The second kappa shape index (κ2) is 13.8. The SMILES string of the molecule is CCC(c1ccc[c-]1C(CC)[N+](C)(C)C)[N+](C)(C)C.[Cl-].[Cl-].[Fe].[cH-]1[cH-][cH-][cH-][cH-]1. The molecule has 2 aromatic rings. The molecular formula is C22H38Cl2FeN2-6. The van der Waals surface area contributed by atoms with E-state index >= 15 is 0 Å². The van der Waals surface area contributed by atoms with E-state index in [1.807, 2.05) is 30.3 Å². The fourth-order valence-corrected chi connectivity index (χ4v) is 3.75. The molecule has 2 atom stereocenters. The fraction of sp³-hybridized carbons (Fsp3) is 0.545. The normalized spacial score (nSPS) is 13.0. The van der Waals surface area contributed by atoms with E-state index in [1.165, 1.54) is 12.8 Å². The van der Waals surface area contributed by atoms with Crippen LogP contribution >= 0.6 is 0 Å². The summed E-state index contributed by atoms with van der Waals surface area (Å²) in [5.41, 5.74) is 3.10. The van der Waals surface area contributed by atoms with Gasteiger partial charge in [0.05, 0.1) is 54.4 Å². The molecule has 27 heavy (non-hydrogen) atoms. The zero-order valence-corrected chi connectivity index (χ0v) is 20.8. The standard InChI is InChI=1S/C17H33N2.C5H5.2ClH.Fe/c1-9-16(18(3,4)5)14-12-11-13-15(14)17(10-2)19(6,7)8;1-2-4-5-3-1;;;/h11-13,16-17H,9-10H2,1-8H3;1-5H;2*1H;/q+1;-5;;;/p-2. The Morgan fingerprint density at radius 1 is 0.815 bits per heavy atom. The number of hydrogen-bond donors (Lipinski definition) is 0. The molecule has 0 saturated carbocycles. The van der Waals surface area contributed by atoms with Gasteiger partial charge < -0.3 is 64.1 Å². The first-order valence-corrected chi connectivity index (χ1v) is 9.17. The topological polar surface area (TPSA) is 0 Å². The van der Waals surface area contributed by atoms with Gasteiger partial charge in [0, 0.05) is 17.1 Å². The zero-order valence-electron chi connectivity index (χ0n) is 18.2. The third-order valence-electron chi connectivity index (χ3n) is 4.80. The molecule has 0 bridgehead atoms. The number of hydrogen-bond acceptors (Lipinski definition) is 0. The molecule has 0 saturated heterocycles. The first kappa shape index (κ1) is 31.4. The van der Waals surface area contributed by atoms with E-state index in [9.17, 15) is 0 Å². The van der Waals surface area contributed by atoms with Crippen molar-refractivity contribution >= 4 is 0 Å². The number of quaternary nitrogens is 2. The molecule has 0 amide bonds. The van der Waals surface area contributed by atoms with E-state index in [1.54, 1.807) is 11.1 Å². The van der Waals surface area contributed by atoms with Gasteiger partial charge in [0.25, 0.3) is 0 Å². The molecule has 0 fully saturated rings. The molecule has 0 heterocycles. The van der Waals surface area contributed by atoms with E-state index in [0.717, 1.165) is 8.97 Å². The summed E-state index contributed by atoms with van der Waals surface area (Å²) in [6.07, 6.45) is 2.38. The minimum absolute atomic E-state index is 0. The maximum atomic E-state index is 2.34. The number of rotatable bonds is 6. The van der Waals surface area contributed by atoms with Gasteiger partial charge >= 0.3 is 0 Å². The third kappa shape index (κ3) is 9.65. The number of halogens is 2. The van der Waals surface area contributed by atoms with Gasteiger partial charge in [-0.1, -0.05) is 19.4 Å². The van der Waals surface area contributed by atoms with Crippen LogP contribution in [0.25, 0.3) is 0 Å². The third-order valence-corrected chi connectivity index (χ3v) is 4.80. The number of nitrogens with zero attached hydrogens (tertiary/aromatic N) is 2. The van der Waals surface area contributed by atoms with Crippen LogP contribution in [0.15, 0.2) is 48.5 Å². The van der Waals surface area contributed by atoms with Crippen molar-refractivity contribution < 1.29 is 50.8 Å². The maximum Gasteiger partial charge on any atom is 0.0911 e. The molecule has 2 nitrogen and oxygen atoms in total. The van der Waals surface area contributed by atoms with Gasteiger partial charge in [-0.25, -0.2) is 12.1 Å². The van der Waals surface area contributed by atoms with E-state index in [0.29, 0.717) is 12.1 Å². The van der Waals surface area contributed by atoms with Gasteiger partial charge in [0.15, 0.2) is 0 Å². The Labute approximate surface area is 191 Å². The molecule has 0 aliphatic rings. The van der Waals surface area contributed by atoms with Crippen molar-refractivity contribution in [3.05, 3.63) is 59.7 Å². The molecule has 2 unspecified atom stereocenters. The van der Waals surface area contributed by atoms with Gasteiger partial charge in [-0.15, -0.1) is 5.56 Å². The molecule has 0 spiro atoms. The van der Waals surface area contributed by atoms with E-state index < -0.39 is 0 Å². The molecule has 0 radical (unpaired) electrons. The van der Waals surface area contributed by atoms with Crippen molar-refractivity contribution in [1.29, 1.82) is 0 Å². The van der Waals surface area contributed by atoms with Gasteiger partial charge in [0.2, 0.25) is 0 Å². The van der Waals surface area contributed by atoms with Crippen LogP contribution in [-0.4, -0.2) is 51.3 Å². The Kier molecular flexibility index (Phi) is 16.1. The first-order valence-electron chi connectivity index (χ1n) is 9.17. The largest absolute Gasteiger partial charge is 1.00 e. The van der Waals surface area contributed by atoms with Crippen molar-refractivity contribution in [1.82, 2.24) is 0 Å². The Morgan fingerprint density at radius 3 is 1.56 bits per heavy atom. The van der Waals surface area contributed by atoms with Gasteiger partial charge in [-0.3, -0.25) is 0 Å². The van der Waals surface area contributed by atoms with Gasteiger partial charge in [0.1, 0.15) is 0 Å². The molecule has 0 aliphatic heterocycles. The average molecular weight is 457 g/mol. The van der Waals surface area contributed by atoms with E-state index in [4.69, 9.17) is 0 Å². The molecular weight excluding hydrogens is 419 g/mol. The van der Waals surface area contributed by atoms with Crippen molar-refractivity contribution in [2.45, 2.75) is 38.8 Å². The predicted octanol–water partition coefficient (Wildman–Crippen LogP) is -0.869. The summed E-state index contributed by atoms with van der Waals surface area (Å²) >= 11 is 0. The summed E-state index contributed by atoms with van der Waals surface area (Å²) in [6, 6.07) is 18.1. The van der Waals surface area contributed by atoms with Crippen LogP contribution in [0, 0.1) is 0 Å². The molecule has 164 valence electrons.